The van der Waals surface area contributed by atoms with E-state index in [2.05, 4.69) is 35.7 Å². The quantitative estimate of drug-likeness (QED) is 0.669. The Bertz CT molecular complexity index is 579. The number of rotatable bonds is 6. The van der Waals surface area contributed by atoms with E-state index in [0.717, 1.165) is 62.7 Å². The van der Waals surface area contributed by atoms with Crippen molar-refractivity contribution in [2.75, 3.05) is 57.1 Å². The minimum Gasteiger partial charge on any atom is -0.379 e. The molecule has 0 saturated carbocycles. The number of hydrogen-bond donors (Lipinski definition) is 3. The van der Waals surface area contributed by atoms with Gasteiger partial charge in [0.1, 0.15) is 5.82 Å². The molecule has 1 saturated heterocycles. The van der Waals surface area contributed by atoms with Crippen LogP contribution in [0.1, 0.15) is 6.42 Å². The molecule has 0 amide bonds. The van der Waals surface area contributed by atoms with Crippen molar-refractivity contribution in [1.82, 2.24) is 25.1 Å². The lowest BCUT2D eigenvalue weighted by Gasteiger charge is -2.26. The minimum absolute atomic E-state index is 0.586. The molecular formula is C13H21N7O. The van der Waals surface area contributed by atoms with Crippen molar-refractivity contribution in [1.29, 1.82) is 0 Å². The maximum Gasteiger partial charge on any atom is 0.226 e. The first-order valence-electron chi connectivity index (χ1n) is 7.29. The summed E-state index contributed by atoms with van der Waals surface area (Å²) in [6, 6.07) is 0. The topological polar surface area (TPSA) is 91.0 Å². The smallest absolute Gasteiger partial charge is 0.226 e. The number of hydrogen-bond acceptors (Lipinski definition) is 7. The van der Waals surface area contributed by atoms with Crippen molar-refractivity contribution in [3.8, 4) is 0 Å². The minimum atomic E-state index is 0.586. The van der Waals surface area contributed by atoms with Gasteiger partial charge in [0, 0.05) is 26.7 Å². The van der Waals surface area contributed by atoms with E-state index in [0.29, 0.717) is 5.95 Å². The first-order valence-corrected chi connectivity index (χ1v) is 7.29. The zero-order valence-corrected chi connectivity index (χ0v) is 12.2. The summed E-state index contributed by atoms with van der Waals surface area (Å²) in [5.41, 5.74) is 0.741. The Hall–Kier alpha value is -1.93. The predicted octanol–water partition coefficient (Wildman–Crippen LogP) is 0.529. The van der Waals surface area contributed by atoms with Crippen LogP contribution >= 0.6 is 0 Å². The largest absolute Gasteiger partial charge is 0.379 e. The maximum atomic E-state index is 5.35. The Morgan fingerprint density at radius 3 is 3.00 bits per heavy atom. The monoisotopic (exact) mass is 291 g/mol. The SMILES string of the molecule is CNc1nc(NCCCN2CCOCC2)c2cn[nH]c2n1. The third-order valence-corrected chi connectivity index (χ3v) is 3.58. The van der Waals surface area contributed by atoms with Crippen LogP contribution in [0.3, 0.4) is 0 Å². The summed E-state index contributed by atoms with van der Waals surface area (Å²) in [4.78, 5) is 11.2. The predicted molar refractivity (Wildman–Crippen MR) is 81.6 cm³/mol. The van der Waals surface area contributed by atoms with Crippen LogP contribution in [-0.2, 0) is 4.74 Å². The average molecular weight is 291 g/mol. The fourth-order valence-electron chi connectivity index (χ4n) is 2.42. The van der Waals surface area contributed by atoms with E-state index in [1.807, 2.05) is 0 Å². The number of aromatic nitrogens is 4. The van der Waals surface area contributed by atoms with Gasteiger partial charge in [-0.2, -0.15) is 15.1 Å². The second kappa shape index (κ2) is 6.68. The number of H-pyrrole nitrogens is 1. The number of fused-ring (bicyclic) bond motifs is 1. The molecule has 1 aliphatic heterocycles. The fourth-order valence-corrected chi connectivity index (χ4v) is 2.42. The molecule has 0 bridgehead atoms. The average Bonchev–Trinajstić information content (AvgIpc) is 3.00. The summed E-state index contributed by atoms with van der Waals surface area (Å²) >= 11 is 0. The third-order valence-electron chi connectivity index (χ3n) is 3.58. The molecule has 8 heteroatoms. The van der Waals surface area contributed by atoms with Crippen LogP contribution in [0.5, 0.6) is 0 Å². The molecule has 0 aliphatic carbocycles. The van der Waals surface area contributed by atoms with Crippen LogP contribution in [0.15, 0.2) is 6.20 Å². The van der Waals surface area contributed by atoms with E-state index >= 15 is 0 Å². The van der Waals surface area contributed by atoms with E-state index in [4.69, 9.17) is 4.74 Å². The van der Waals surface area contributed by atoms with Gasteiger partial charge >= 0.3 is 0 Å². The van der Waals surface area contributed by atoms with Gasteiger partial charge in [0.05, 0.1) is 24.8 Å². The molecule has 0 radical (unpaired) electrons. The second-order valence-corrected chi connectivity index (χ2v) is 5.01. The molecule has 3 rings (SSSR count). The Labute approximate surface area is 123 Å². The molecule has 8 nitrogen and oxygen atoms in total. The van der Waals surface area contributed by atoms with Crippen molar-refractivity contribution in [2.45, 2.75) is 6.42 Å². The zero-order chi connectivity index (χ0) is 14.5. The molecule has 0 spiro atoms. The summed E-state index contributed by atoms with van der Waals surface area (Å²) in [6.45, 7) is 5.71. The molecule has 1 aliphatic rings. The highest BCUT2D eigenvalue weighted by atomic mass is 16.5. The van der Waals surface area contributed by atoms with Gasteiger partial charge in [-0.25, -0.2) is 0 Å². The highest BCUT2D eigenvalue weighted by Crippen LogP contribution is 2.19. The standard InChI is InChI=1S/C13H21N7O/c1-14-13-17-11(10-9-16-19-12(10)18-13)15-3-2-4-20-5-7-21-8-6-20/h9H,2-8H2,1H3,(H3,14,15,16,17,18,19). The van der Waals surface area contributed by atoms with Gasteiger partial charge in [-0.05, 0) is 13.0 Å². The van der Waals surface area contributed by atoms with Crippen molar-refractivity contribution in [2.24, 2.45) is 0 Å². The summed E-state index contributed by atoms with van der Waals surface area (Å²) in [6.07, 6.45) is 2.82. The van der Waals surface area contributed by atoms with Crippen LogP contribution in [0, 0.1) is 0 Å². The van der Waals surface area contributed by atoms with E-state index < -0.39 is 0 Å². The molecule has 3 heterocycles. The van der Waals surface area contributed by atoms with Crippen LogP contribution in [0.25, 0.3) is 11.0 Å². The lowest BCUT2D eigenvalue weighted by Crippen LogP contribution is -2.37. The van der Waals surface area contributed by atoms with Crippen LogP contribution in [-0.4, -0.2) is 71.5 Å². The van der Waals surface area contributed by atoms with Crippen molar-refractivity contribution in [3.63, 3.8) is 0 Å². The normalized spacial score (nSPS) is 16.2. The Morgan fingerprint density at radius 2 is 2.19 bits per heavy atom. The molecule has 0 unspecified atom stereocenters. The highest BCUT2D eigenvalue weighted by molar-refractivity contribution is 5.86. The fraction of sp³-hybridized carbons (Fsp3) is 0.615. The van der Waals surface area contributed by atoms with Crippen LogP contribution < -0.4 is 10.6 Å². The first-order chi connectivity index (χ1) is 10.4. The molecule has 0 aromatic carbocycles. The summed E-state index contributed by atoms with van der Waals surface area (Å²) in [5, 5.41) is 14.2. The second-order valence-electron chi connectivity index (χ2n) is 5.01. The molecule has 3 N–H and O–H groups in total. The molecule has 21 heavy (non-hydrogen) atoms. The maximum absolute atomic E-state index is 5.35. The van der Waals surface area contributed by atoms with Gasteiger partial charge in [0.25, 0.3) is 0 Å². The van der Waals surface area contributed by atoms with E-state index in [1.165, 1.54) is 0 Å². The number of nitrogens with one attached hydrogen (secondary N) is 3. The first kappa shape index (κ1) is 14.0. The van der Waals surface area contributed by atoms with E-state index in [1.54, 1.807) is 13.2 Å². The van der Waals surface area contributed by atoms with Gasteiger partial charge in [0.2, 0.25) is 5.95 Å². The van der Waals surface area contributed by atoms with Crippen molar-refractivity contribution >= 4 is 22.8 Å². The molecular weight excluding hydrogens is 270 g/mol. The zero-order valence-electron chi connectivity index (χ0n) is 12.2. The van der Waals surface area contributed by atoms with Crippen LogP contribution in [0.2, 0.25) is 0 Å². The lowest BCUT2D eigenvalue weighted by molar-refractivity contribution is 0.0378. The molecule has 2 aromatic heterocycles. The summed E-state index contributed by atoms with van der Waals surface area (Å²) < 4.78 is 5.35. The van der Waals surface area contributed by atoms with Gasteiger partial charge in [0.15, 0.2) is 5.65 Å². The summed E-state index contributed by atoms with van der Waals surface area (Å²) in [7, 11) is 1.81. The van der Waals surface area contributed by atoms with Gasteiger partial charge in [-0.1, -0.05) is 0 Å². The molecule has 1 fully saturated rings. The number of ether oxygens (including phenoxy) is 1. The number of morpholine rings is 1. The van der Waals surface area contributed by atoms with E-state index in [9.17, 15) is 0 Å². The molecule has 2 aromatic rings. The molecule has 114 valence electrons. The molecule has 0 atom stereocenters. The number of nitrogens with zero attached hydrogens (tertiary/aromatic N) is 4. The Morgan fingerprint density at radius 1 is 1.33 bits per heavy atom. The highest BCUT2D eigenvalue weighted by Gasteiger charge is 2.11. The van der Waals surface area contributed by atoms with Gasteiger partial charge < -0.3 is 15.4 Å². The van der Waals surface area contributed by atoms with Gasteiger partial charge in [-0.3, -0.25) is 10.00 Å². The van der Waals surface area contributed by atoms with Crippen molar-refractivity contribution < 1.29 is 4.74 Å². The number of aromatic amines is 1. The number of anilines is 2. The Balaban J connectivity index is 1.55. The Kier molecular flexibility index (Phi) is 4.46. The summed E-state index contributed by atoms with van der Waals surface area (Å²) in [5.74, 6) is 1.41. The van der Waals surface area contributed by atoms with Crippen molar-refractivity contribution in [3.05, 3.63) is 6.20 Å². The third kappa shape index (κ3) is 3.40. The van der Waals surface area contributed by atoms with Gasteiger partial charge in [-0.15, -0.1) is 0 Å². The van der Waals surface area contributed by atoms with E-state index in [-0.39, 0.29) is 0 Å². The lowest BCUT2D eigenvalue weighted by atomic mass is 10.3. The van der Waals surface area contributed by atoms with Crippen LogP contribution in [0.4, 0.5) is 11.8 Å².